The van der Waals surface area contributed by atoms with Crippen molar-refractivity contribution in [2.24, 2.45) is 0 Å². The minimum absolute atomic E-state index is 0.324. The molecule has 322 valence electrons. The van der Waals surface area contributed by atoms with Crippen LogP contribution in [0.3, 0.4) is 0 Å². The van der Waals surface area contributed by atoms with Crippen molar-refractivity contribution >= 4 is 43.6 Å². The number of fused-ring (bicyclic) bond motifs is 6. The first-order valence-corrected chi connectivity index (χ1v) is 22.2. The Morgan fingerprint density at radius 3 is 1.28 bits per heavy atom. The van der Waals surface area contributed by atoms with Crippen LogP contribution in [0.2, 0.25) is 0 Å². The third kappa shape index (κ3) is 6.88. The Bertz CT molecular complexity index is 3720. The quantitative estimate of drug-likeness (QED) is 0.160. The van der Waals surface area contributed by atoms with Crippen LogP contribution in [0.15, 0.2) is 219 Å². The predicted octanol–water partition coefficient (Wildman–Crippen LogP) is 15.9. The Labute approximate surface area is 388 Å². The summed E-state index contributed by atoms with van der Waals surface area (Å²) in [5, 5.41) is 13.7. The van der Waals surface area contributed by atoms with E-state index >= 15 is 13.2 Å². The fourth-order valence-corrected chi connectivity index (χ4v) is 9.68. The molecule has 8 heteroatoms. The van der Waals surface area contributed by atoms with E-state index in [0.29, 0.717) is 28.1 Å². The van der Waals surface area contributed by atoms with Crippen molar-refractivity contribution in [3.8, 4) is 73.3 Å². The lowest BCUT2D eigenvalue weighted by Crippen LogP contribution is -2.11. The second-order valence-electron chi connectivity index (χ2n) is 16.8. The summed E-state index contributed by atoms with van der Waals surface area (Å²) in [4.78, 5) is 9.57. The van der Waals surface area contributed by atoms with Crippen LogP contribution in [0.5, 0.6) is 0 Å². The highest BCUT2D eigenvalue weighted by molar-refractivity contribution is 6.13. The molecule has 0 aliphatic rings. The van der Waals surface area contributed by atoms with E-state index in [-0.39, 0.29) is 0 Å². The summed E-state index contributed by atoms with van der Waals surface area (Å²) >= 11 is 0. The van der Waals surface area contributed by atoms with Crippen molar-refractivity contribution in [2.45, 2.75) is 6.18 Å². The normalized spacial score (nSPS) is 11.7. The van der Waals surface area contributed by atoms with Crippen molar-refractivity contribution in [1.82, 2.24) is 19.1 Å². The highest BCUT2D eigenvalue weighted by atomic mass is 19.4. The maximum atomic E-state index is 15.6. The Morgan fingerprint density at radius 2 is 0.824 bits per heavy atom. The summed E-state index contributed by atoms with van der Waals surface area (Å²) in [6.45, 7) is 0. The van der Waals surface area contributed by atoms with E-state index in [1.807, 2.05) is 185 Å². The average molecular weight is 884 g/mol. The summed E-state index contributed by atoms with van der Waals surface area (Å²) in [6, 6.07) is 67.7. The Hall–Kier alpha value is -9.06. The number of para-hydroxylation sites is 2. The number of hydrogen-bond acceptors (Lipinski definition) is 3. The molecule has 0 fully saturated rings. The van der Waals surface area contributed by atoms with Gasteiger partial charge in [0.25, 0.3) is 0 Å². The van der Waals surface area contributed by atoms with Crippen LogP contribution in [0, 0.1) is 11.3 Å². The molecule has 12 aromatic rings. The van der Waals surface area contributed by atoms with Crippen LogP contribution >= 0.6 is 0 Å². The molecule has 0 aliphatic heterocycles. The zero-order chi connectivity index (χ0) is 45.9. The molecule has 0 spiro atoms. The molecule has 4 heterocycles. The molecule has 12 rings (SSSR count). The fraction of sp³-hybridized carbons (Fsp3) is 0.0167. The first-order chi connectivity index (χ1) is 33.3. The number of rotatable bonds is 7. The summed E-state index contributed by atoms with van der Waals surface area (Å²) < 4.78 is 50.7. The van der Waals surface area contributed by atoms with Crippen molar-refractivity contribution in [2.75, 3.05) is 0 Å². The molecule has 0 saturated heterocycles. The number of nitrogens with zero attached hydrogens (tertiary/aromatic N) is 5. The molecule has 68 heavy (non-hydrogen) atoms. The largest absolute Gasteiger partial charge is 0.416 e. The van der Waals surface area contributed by atoms with Gasteiger partial charge in [-0.1, -0.05) is 133 Å². The van der Waals surface area contributed by atoms with Gasteiger partial charge >= 0.3 is 6.18 Å². The van der Waals surface area contributed by atoms with Crippen LogP contribution in [-0.4, -0.2) is 19.1 Å². The van der Waals surface area contributed by atoms with Gasteiger partial charge in [0.05, 0.1) is 62.0 Å². The van der Waals surface area contributed by atoms with Crippen molar-refractivity contribution in [3.63, 3.8) is 0 Å². The molecule has 0 aliphatic carbocycles. The van der Waals surface area contributed by atoms with Crippen molar-refractivity contribution in [1.29, 1.82) is 5.26 Å². The molecule has 0 unspecified atom stereocenters. The van der Waals surface area contributed by atoms with E-state index in [1.165, 1.54) is 12.1 Å². The van der Waals surface area contributed by atoms with Crippen LogP contribution in [-0.2, 0) is 6.18 Å². The van der Waals surface area contributed by atoms with Gasteiger partial charge in [-0.25, -0.2) is 0 Å². The second-order valence-corrected chi connectivity index (χ2v) is 16.8. The molecular formula is C60H36F3N5. The van der Waals surface area contributed by atoms with Gasteiger partial charge < -0.3 is 9.13 Å². The Morgan fingerprint density at radius 1 is 0.382 bits per heavy atom. The van der Waals surface area contributed by atoms with Crippen LogP contribution in [0.25, 0.3) is 111 Å². The summed E-state index contributed by atoms with van der Waals surface area (Å²) in [6.07, 6.45) is -1.00. The van der Waals surface area contributed by atoms with Gasteiger partial charge in [0, 0.05) is 61.8 Å². The van der Waals surface area contributed by atoms with Crippen LogP contribution in [0.1, 0.15) is 11.1 Å². The van der Waals surface area contributed by atoms with Crippen molar-refractivity contribution in [3.05, 3.63) is 230 Å². The predicted molar refractivity (Wildman–Crippen MR) is 268 cm³/mol. The SMILES string of the molecule is N#Cc1cccc(-c2c(-n3c4ccccc4c4cc(-c5ccc(-c6ccccc6)nc5)ccc43)cc(C(F)(F)F)cc2-n2c3ccccc3c3cc(-c4ccc(-c5ccccc5)nc4)ccc32)c1. The zero-order valence-electron chi connectivity index (χ0n) is 36.2. The first kappa shape index (κ1) is 40.4. The van der Waals surface area contributed by atoms with Gasteiger partial charge in [-0.15, -0.1) is 0 Å². The van der Waals surface area contributed by atoms with Crippen LogP contribution < -0.4 is 0 Å². The van der Waals surface area contributed by atoms with Gasteiger partial charge in [-0.3, -0.25) is 9.97 Å². The lowest BCUT2D eigenvalue weighted by molar-refractivity contribution is -0.137. The topological polar surface area (TPSA) is 59.4 Å². The minimum Gasteiger partial charge on any atom is -0.309 e. The number of aromatic nitrogens is 4. The van der Waals surface area contributed by atoms with Gasteiger partial charge in [-0.2, -0.15) is 18.4 Å². The number of halogens is 3. The molecule has 0 atom stereocenters. The van der Waals surface area contributed by atoms with Gasteiger partial charge in [-0.05, 0) is 89.5 Å². The first-order valence-electron chi connectivity index (χ1n) is 22.2. The monoisotopic (exact) mass is 883 g/mol. The number of pyridine rings is 2. The van der Waals surface area contributed by atoms with Crippen molar-refractivity contribution < 1.29 is 13.2 Å². The summed E-state index contributed by atoms with van der Waals surface area (Å²) in [7, 11) is 0. The molecule has 0 saturated carbocycles. The maximum absolute atomic E-state index is 15.6. The highest BCUT2D eigenvalue weighted by Gasteiger charge is 2.34. The van der Waals surface area contributed by atoms with E-state index in [4.69, 9.17) is 9.97 Å². The molecule has 0 N–H and O–H groups in total. The van der Waals surface area contributed by atoms with E-state index < -0.39 is 11.7 Å². The van der Waals surface area contributed by atoms with Gasteiger partial charge in [0.15, 0.2) is 0 Å². The fourth-order valence-electron chi connectivity index (χ4n) is 9.68. The lowest BCUT2D eigenvalue weighted by atomic mass is 9.96. The highest BCUT2D eigenvalue weighted by Crippen LogP contribution is 2.46. The van der Waals surface area contributed by atoms with Crippen LogP contribution in [0.4, 0.5) is 13.2 Å². The molecule has 0 bridgehead atoms. The number of alkyl halides is 3. The third-order valence-electron chi connectivity index (χ3n) is 12.9. The smallest absolute Gasteiger partial charge is 0.309 e. The molecule has 4 aromatic heterocycles. The minimum atomic E-state index is -4.72. The number of benzene rings is 8. The van der Waals surface area contributed by atoms with Gasteiger partial charge in [0.2, 0.25) is 0 Å². The maximum Gasteiger partial charge on any atom is 0.416 e. The number of hydrogen-bond donors (Lipinski definition) is 0. The third-order valence-corrected chi connectivity index (χ3v) is 12.9. The second kappa shape index (κ2) is 16.1. The standard InChI is InChI=1S/C60H36F3N5/c61-60(62,63)46-33-57(67-53-20-9-7-18-47(53)49-31-41(24-28-55(49)67)44-22-26-51(65-36-44)39-13-3-1-4-14-39)59(43-17-11-12-38(30-43)35-64)58(34-46)68-54-21-10-8-19-48(54)50-32-42(25-29-56(50)68)45-23-27-52(66-37-45)40-15-5-2-6-16-40/h1-34,36-37H. The number of nitriles is 1. The molecule has 5 nitrogen and oxygen atoms in total. The summed E-state index contributed by atoms with van der Waals surface area (Å²) in [5.41, 5.74) is 11.7. The van der Waals surface area contributed by atoms with E-state index in [1.54, 1.807) is 18.2 Å². The molecule has 8 aromatic carbocycles. The average Bonchev–Trinajstić information content (AvgIpc) is 3.90. The summed E-state index contributed by atoms with van der Waals surface area (Å²) in [5.74, 6) is 0. The molecule has 0 amide bonds. The van der Waals surface area contributed by atoms with Gasteiger partial charge in [0.1, 0.15) is 0 Å². The Kier molecular flexibility index (Phi) is 9.59. The Balaban J connectivity index is 1.10. The lowest BCUT2D eigenvalue weighted by Gasteiger charge is -2.23. The molecular weight excluding hydrogens is 848 g/mol. The van der Waals surface area contributed by atoms with E-state index in [0.717, 1.165) is 88.4 Å². The molecule has 0 radical (unpaired) electrons. The van der Waals surface area contributed by atoms with E-state index in [2.05, 4.69) is 18.2 Å². The van der Waals surface area contributed by atoms with E-state index in [9.17, 15) is 5.26 Å². The zero-order valence-corrected chi connectivity index (χ0v) is 36.2.